The maximum Gasteiger partial charge on any atom is 0.417 e. The first-order valence-corrected chi connectivity index (χ1v) is 9.13. The molecule has 2 aromatic heterocycles. The van der Waals surface area contributed by atoms with E-state index in [2.05, 4.69) is 15.2 Å². The largest absolute Gasteiger partial charge is 0.417 e. The quantitative estimate of drug-likeness (QED) is 0.628. The van der Waals surface area contributed by atoms with Crippen LogP contribution in [-0.4, -0.2) is 37.1 Å². The van der Waals surface area contributed by atoms with Crippen molar-refractivity contribution in [2.24, 2.45) is 0 Å². The molecule has 1 aliphatic rings. The molecule has 1 aliphatic heterocycles. The summed E-state index contributed by atoms with van der Waals surface area (Å²) in [4.78, 5) is 18.6. The average molecular weight is 422 g/mol. The van der Waals surface area contributed by atoms with Crippen molar-refractivity contribution in [1.82, 2.24) is 24.6 Å². The summed E-state index contributed by atoms with van der Waals surface area (Å²) in [6.07, 6.45) is -2.95. The van der Waals surface area contributed by atoms with Crippen LogP contribution in [0, 0.1) is 6.92 Å². The molecule has 1 aromatic carbocycles. The number of hydrogen-bond donors (Lipinski definition) is 0. The fourth-order valence-electron chi connectivity index (χ4n) is 3.27. The monoisotopic (exact) mass is 421 g/mol. The third-order valence-corrected chi connectivity index (χ3v) is 5.13. The number of rotatable bonds is 2. The number of aromatic nitrogens is 4. The zero-order valence-corrected chi connectivity index (χ0v) is 16.0. The van der Waals surface area contributed by atoms with Gasteiger partial charge in [-0.1, -0.05) is 17.7 Å². The molecule has 6 nitrogen and oxygen atoms in total. The van der Waals surface area contributed by atoms with E-state index in [-0.39, 0.29) is 18.7 Å². The molecule has 0 bridgehead atoms. The molecular weight excluding hydrogens is 407 g/mol. The molecule has 0 spiro atoms. The minimum absolute atomic E-state index is 0.115. The van der Waals surface area contributed by atoms with Crippen molar-refractivity contribution in [3.05, 3.63) is 64.1 Å². The summed E-state index contributed by atoms with van der Waals surface area (Å²) in [5, 5.41) is 7.72. The summed E-state index contributed by atoms with van der Waals surface area (Å²) in [5.41, 5.74) is 0.483. The van der Waals surface area contributed by atoms with Crippen molar-refractivity contribution < 1.29 is 18.0 Å². The van der Waals surface area contributed by atoms with Crippen LogP contribution in [0.1, 0.15) is 27.3 Å². The van der Waals surface area contributed by atoms with E-state index in [9.17, 15) is 18.0 Å². The Hall–Kier alpha value is -2.94. The van der Waals surface area contributed by atoms with E-state index in [4.69, 9.17) is 11.6 Å². The van der Waals surface area contributed by atoms with Gasteiger partial charge in [0.15, 0.2) is 11.6 Å². The Kier molecular flexibility index (Phi) is 4.77. The fraction of sp³-hybridized carbons (Fsp3) is 0.263. The summed E-state index contributed by atoms with van der Waals surface area (Å²) in [6.45, 7) is 2.74. The van der Waals surface area contributed by atoms with Crippen LogP contribution in [0.15, 0.2) is 36.5 Å². The number of carbonyl (C=O) groups excluding carboxylic acids is 1. The van der Waals surface area contributed by atoms with Gasteiger partial charge in [-0.15, -0.1) is 10.2 Å². The van der Waals surface area contributed by atoms with Gasteiger partial charge in [0.2, 0.25) is 0 Å². The van der Waals surface area contributed by atoms with Crippen LogP contribution in [0.4, 0.5) is 13.2 Å². The van der Waals surface area contributed by atoms with Crippen molar-refractivity contribution in [2.45, 2.75) is 26.2 Å². The summed E-state index contributed by atoms with van der Waals surface area (Å²) in [5.74, 6) is 0.546. The van der Waals surface area contributed by atoms with E-state index in [1.165, 1.54) is 17.0 Å². The van der Waals surface area contributed by atoms with Crippen LogP contribution in [0.3, 0.4) is 0 Å². The molecule has 0 saturated carbocycles. The molecule has 3 aromatic rings. The Morgan fingerprint density at radius 2 is 1.97 bits per heavy atom. The molecule has 0 fully saturated rings. The van der Waals surface area contributed by atoms with Crippen molar-refractivity contribution in [1.29, 1.82) is 0 Å². The number of aryl methyl sites for hydroxylation is 1. The number of halogens is 4. The number of alkyl halides is 3. The molecule has 0 radical (unpaired) electrons. The molecule has 10 heteroatoms. The highest BCUT2D eigenvalue weighted by molar-refractivity contribution is 6.34. The van der Waals surface area contributed by atoms with Crippen LogP contribution >= 0.6 is 11.6 Å². The molecule has 0 atom stereocenters. The summed E-state index contributed by atoms with van der Waals surface area (Å²) in [6, 6.07) is 7.08. The van der Waals surface area contributed by atoms with E-state index < -0.39 is 22.7 Å². The third-order valence-electron chi connectivity index (χ3n) is 4.72. The summed E-state index contributed by atoms with van der Waals surface area (Å²) >= 11 is 5.90. The number of carbonyl (C=O) groups is 1. The van der Waals surface area contributed by atoms with Crippen molar-refractivity contribution in [3.63, 3.8) is 0 Å². The van der Waals surface area contributed by atoms with E-state index in [1.807, 2.05) is 23.6 Å². The van der Waals surface area contributed by atoms with Crippen LogP contribution in [-0.2, 0) is 19.3 Å². The molecule has 150 valence electrons. The molecule has 1 amide bonds. The normalized spacial score (nSPS) is 14.0. The average Bonchev–Trinajstić information content (AvgIpc) is 3.10. The lowest BCUT2D eigenvalue weighted by atomic mass is 10.1. The van der Waals surface area contributed by atoms with E-state index in [0.29, 0.717) is 23.9 Å². The molecule has 4 rings (SSSR count). The number of amides is 1. The third kappa shape index (κ3) is 3.57. The number of hydrogen-bond acceptors (Lipinski definition) is 4. The maximum absolute atomic E-state index is 13.1. The minimum Gasteiger partial charge on any atom is -0.329 e. The first-order valence-electron chi connectivity index (χ1n) is 8.76. The Labute approximate surface area is 168 Å². The fourth-order valence-corrected chi connectivity index (χ4v) is 3.58. The van der Waals surface area contributed by atoms with Gasteiger partial charge in [-0.05, 0) is 36.8 Å². The Morgan fingerprint density at radius 3 is 2.69 bits per heavy atom. The standard InChI is InChI=1S/C19H15ClF3N5O/c1-11-5-6-24-14(9-11)17-26-25-15-10-27(7-8-28(15)17)18(29)12-3-2-4-13(16(12)20)19(21,22)23/h2-6,9H,7-8,10H2,1H3. The Morgan fingerprint density at radius 1 is 1.17 bits per heavy atom. The molecular formula is C19H15ClF3N5O. The first-order chi connectivity index (χ1) is 13.8. The van der Waals surface area contributed by atoms with Gasteiger partial charge in [0.25, 0.3) is 5.91 Å². The van der Waals surface area contributed by atoms with Gasteiger partial charge in [0, 0.05) is 19.3 Å². The second kappa shape index (κ2) is 7.14. The molecule has 29 heavy (non-hydrogen) atoms. The number of nitrogens with zero attached hydrogens (tertiary/aromatic N) is 5. The zero-order valence-electron chi connectivity index (χ0n) is 15.2. The van der Waals surface area contributed by atoms with Gasteiger partial charge in [-0.25, -0.2) is 0 Å². The Bertz CT molecular complexity index is 1100. The predicted octanol–water partition coefficient (Wildman–Crippen LogP) is 3.98. The second-order valence-corrected chi connectivity index (χ2v) is 7.08. The SMILES string of the molecule is Cc1ccnc(-c2nnc3n2CCN(C(=O)c2cccc(C(F)(F)F)c2Cl)C3)c1. The minimum atomic E-state index is -4.63. The van der Waals surface area contributed by atoms with Crippen LogP contribution < -0.4 is 0 Å². The molecule has 0 N–H and O–H groups in total. The highest BCUT2D eigenvalue weighted by Crippen LogP contribution is 2.36. The molecule has 3 heterocycles. The van der Waals surface area contributed by atoms with E-state index in [0.717, 1.165) is 11.6 Å². The van der Waals surface area contributed by atoms with Gasteiger partial charge in [0.05, 0.1) is 22.7 Å². The second-order valence-electron chi connectivity index (χ2n) is 6.70. The van der Waals surface area contributed by atoms with Crippen molar-refractivity contribution in [3.8, 4) is 11.5 Å². The molecule has 0 saturated heterocycles. The van der Waals surface area contributed by atoms with E-state index >= 15 is 0 Å². The van der Waals surface area contributed by atoms with Gasteiger partial charge in [-0.3, -0.25) is 9.78 Å². The smallest absolute Gasteiger partial charge is 0.329 e. The number of fused-ring (bicyclic) bond motifs is 1. The number of benzene rings is 1. The lowest BCUT2D eigenvalue weighted by Crippen LogP contribution is -2.38. The lowest BCUT2D eigenvalue weighted by Gasteiger charge is -2.28. The van der Waals surface area contributed by atoms with E-state index in [1.54, 1.807) is 6.20 Å². The molecule has 0 aliphatic carbocycles. The summed E-state index contributed by atoms with van der Waals surface area (Å²) < 4.78 is 41.1. The topological polar surface area (TPSA) is 63.9 Å². The predicted molar refractivity (Wildman–Crippen MR) is 99.2 cm³/mol. The first kappa shape index (κ1) is 19.4. The van der Waals surface area contributed by atoms with Crippen LogP contribution in [0.5, 0.6) is 0 Å². The highest BCUT2D eigenvalue weighted by Gasteiger charge is 2.36. The lowest BCUT2D eigenvalue weighted by molar-refractivity contribution is -0.137. The van der Waals surface area contributed by atoms with Gasteiger partial charge in [-0.2, -0.15) is 13.2 Å². The van der Waals surface area contributed by atoms with Gasteiger partial charge >= 0.3 is 6.18 Å². The van der Waals surface area contributed by atoms with Gasteiger partial charge in [0.1, 0.15) is 5.69 Å². The summed E-state index contributed by atoms with van der Waals surface area (Å²) in [7, 11) is 0. The van der Waals surface area contributed by atoms with Gasteiger partial charge < -0.3 is 9.47 Å². The van der Waals surface area contributed by atoms with Crippen molar-refractivity contribution >= 4 is 17.5 Å². The van der Waals surface area contributed by atoms with Crippen LogP contribution in [0.2, 0.25) is 5.02 Å². The molecule has 0 unspecified atom stereocenters. The number of pyridine rings is 1. The maximum atomic E-state index is 13.1. The van der Waals surface area contributed by atoms with Crippen LogP contribution in [0.25, 0.3) is 11.5 Å². The Balaban J connectivity index is 1.61. The zero-order chi connectivity index (χ0) is 20.8. The highest BCUT2D eigenvalue weighted by atomic mass is 35.5. The van der Waals surface area contributed by atoms with Crippen molar-refractivity contribution in [2.75, 3.05) is 6.54 Å².